The van der Waals surface area contributed by atoms with Gasteiger partial charge in [0.15, 0.2) is 0 Å². The van der Waals surface area contributed by atoms with Crippen molar-refractivity contribution >= 4 is 11.8 Å². The lowest BCUT2D eigenvalue weighted by molar-refractivity contribution is -0.143. The molecule has 9 heteroatoms. The summed E-state index contributed by atoms with van der Waals surface area (Å²) in [7, 11) is 0. The predicted molar refractivity (Wildman–Crippen MR) is 124 cm³/mol. The second-order valence-corrected chi connectivity index (χ2v) is 11.0. The minimum absolute atomic E-state index is 0.0855. The second-order valence-electron chi connectivity index (χ2n) is 11.0. The van der Waals surface area contributed by atoms with Crippen molar-refractivity contribution in [2.45, 2.75) is 82.3 Å². The number of rotatable bonds is 6. The molecule has 2 amide bonds. The lowest BCUT2D eigenvalue weighted by Crippen LogP contribution is -2.46. The maximum atomic E-state index is 14.6. The molecule has 2 aliphatic heterocycles. The molecule has 8 nitrogen and oxygen atoms in total. The fourth-order valence-corrected chi connectivity index (χ4v) is 6.54. The average molecular weight is 484 g/mol. The van der Waals surface area contributed by atoms with E-state index in [1.807, 2.05) is 4.90 Å². The number of halogens is 1. The van der Waals surface area contributed by atoms with Gasteiger partial charge in [0.2, 0.25) is 11.8 Å². The summed E-state index contributed by atoms with van der Waals surface area (Å²) in [5.74, 6) is 0.697. The van der Waals surface area contributed by atoms with Crippen LogP contribution in [0.1, 0.15) is 57.8 Å². The lowest BCUT2D eigenvalue weighted by Gasteiger charge is -2.42. The molecule has 2 heterocycles. The number of nitrogens with zero attached hydrogens (tertiary/aromatic N) is 2. The predicted octanol–water partition coefficient (Wildman–Crippen LogP) is 1.08. The maximum Gasteiger partial charge on any atom is 0.248 e. The van der Waals surface area contributed by atoms with E-state index in [2.05, 4.69) is 0 Å². The van der Waals surface area contributed by atoms with E-state index in [0.29, 0.717) is 44.3 Å². The van der Waals surface area contributed by atoms with Crippen LogP contribution in [0.4, 0.5) is 4.39 Å². The van der Waals surface area contributed by atoms with Crippen LogP contribution in [0.5, 0.6) is 0 Å². The SMILES string of the molecule is NCC1CCC(F)C(C2CCN(C(=O)C3CCCC(OCC(=O)N4C[C@@H](O)[C@@H](O)C4)C3)CC2)C1. The minimum Gasteiger partial charge on any atom is -0.388 e. The summed E-state index contributed by atoms with van der Waals surface area (Å²) in [6.45, 7) is 2.19. The number of likely N-dealkylation sites (tertiary alicyclic amines) is 2. The summed E-state index contributed by atoms with van der Waals surface area (Å²) in [4.78, 5) is 28.9. The minimum atomic E-state index is -0.902. The average Bonchev–Trinajstić information content (AvgIpc) is 3.21. The molecule has 0 radical (unpaired) electrons. The van der Waals surface area contributed by atoms with Gasteiger partial charge in [0.25, 0.3) is 0 Å². The summed E-state index contributed by atoms with van der Waals surface area (Å²) in [5, 5.41) is 19.3. The molecule has 2 aliphatic carbocycles. The Morgan fingerprint density at radius 2 is 1.65 bits per heavy atom. The number of hydrogen-bond donors (Lipinski definition) is 3. The Bertz CT molecular complexity index is 694. The van der Waals surface area contributed by atoms with E-state index >= 15 is 0 Å². The van der Waals surface area contributed by atoms with Crippen molar-refractivity contribution in [3.63, 3.8) is 0 Å². The fourth-order valence-electron chi connectivity index (χ4n) is 6.54. The Hall–Kier alpha value is -1.29. The summed E-state index contributed by atoms with van der Waals surface area (Å²) < 4.78 is 20.5. The Balaban J connectivity index is 1.21. The number of carbonyl (C=O) groups is 2. The number of amides is 2. The van der Waals surface area contributed by atoms with Crippen molar-refractivity contribution in [1.82, 2.24) is 9.80 Å². The van der Waals surface area contributed by atoms with Crippen molar-refractivity contribution in [1.29, 1.82) is 0 Å². The van der Waals surface area contributed by atoms with Crippen LogP contribution in [0.3, 0.4) is 0 Å². The van der Waals surface area contributed by atoms with Gasteiger partial charge in [-0.1, -0.05) is 6.42 Å². The highest BCUT2D eigenvalue weighted by Gasteiger charge is 2.39. The third-order valence-corrected chi connectivity index (χ3v) is 8.74. The quantitative estimate of drug-likeness (QED) is 0.521. The van der Waals surface area contributed by atoms with Gasteiger partial charge in [-0.05, 0) is 75.7 Å². The molecule has 4 N–H and O–H groups in total. The Labute approximate surface area is 202 Å². The van der Waals surface area contributed by atoms with Crippen molar-refractivity contribution in [2.24, 2.45) is 29.4 Å². The smallest absolute Gasteiger partial charge is 0.248 e. The first kappa shape index (κ1) is 25.8. The topological polar surface area (TPSA) is 116 Å². The number of alkyl halides is 1. The molecule has 194 valence electrons. The molecular formula is C25H42FN3O5. The highest BCUT2D eigenvalue weighted by atomic mass is 19.1. The lowest BCUT2D eigenvalue weighted by atomic mass is 9.71. The number of ether oxygens (including phenoxy) is 1. The van der Waals surface area contributed by atoms with E-state index in [9.17, 15) is 24.2 Å². The normalized spacial score (nSPS) is 37.7. The zero-order valence-corrected chi connectivity index (χ0v) is 20.2. The van der Waals surface area contributed by atoms with Crippen LogP contribution in [0, 0.1) is 23.7 Å². The van der Waals surface area contributed by atoms with Crippen LogP contribution in [0.15, 0.2) is 0 Å². The summed E-state index contributed by atoms with van der Waals surface area (Å²) >= 11 is 0. The molecule has 2 saturated heterocycles. The van der Waals surface area contributed by atoms with Gasteiger partial charge in [0.1, 0.15) is 12.8 Å². The third-order valence-electron chi connectivity index (χ3n) is 8.74. The first-order valence-corrected chi connectivity index (χ1v) is 13.2. The highest BCUT2D eigenvalue weighted by Crippen LogP contribution is 2.40. The van der Waals surface area contributed by atoms with Gasteiger partial charge in [-0.2, -0.15) is 0 Å². The van der Waals surface area contributed by atoms with Crippen molar-refractivity contribution in [2.75, 3.05) is 39.3 Å². The molecule has 0 bridgehead atoms. The number of hydrogen-bond acceptors (Lipinski definition) is 6. The van der Waals surface area contributed by atoms with Crippen molar-refractivity contribution in [3.05, 3.63) is 0 Å². The number of piperidine rings is 1. The van der Waals surface area contributed by atoms with Crippen LogP contribution in [0.25, 0.3) is 0 Å². The standard InChI is InChI=1S/C25H42FN3O5/c26-21-5-4-16(12-27)10-20(21)17-6-8-28(9-7-17)25(33)18-2-1-3-19(11-18)34-15-24(32)29-13-22(30)23(31)14-29/h16-23,30-31H,1-15,27H2/t16?,18?,19?,20?,21?,22-,23+. The molecular weight excluding hydrogens is 441 g/mol. The highest BCUT2D eigenvalue weighted by molar-refractivity contribution is 5.79. The van der Waals surface area contributed by atoms with Gasteiger partial charge in [-0.25, -0.2) is 4.39 Å². The Kier molecular flexibility index (Phi) is 8.82. The van der Waals surface area contributed by atoms with Crippen LogP contribution >= 0.6 is 0 Å². The van der Waals surface area contributed by atoms with E-state index < -0.39 is 18.4 Å². The maximum absolute atomic E-state index is 14.6. The van der Waals surface area contributed by atoms with Crippen LogP contribution in [-0.4, -0.2) is 95.6 Å². The molecule has 7 atom stereocenters. The monoisotopic (exact) mass is 483 g/mol. The molecule has 4 fully saturated rings. The van der Waals surface area contributed by atoms with E-state index in [1.165, 1.54) is 4.90 Å². The van der Waals surface area contributed by atoms with Crippen LogP contribution < -0.4 is 5.73 Å². The van der Waals surface area contributed by atoms with Gasteiger partial charge in [0, 0.05) is 32.1 Å². The van der Waals surface area contributed by atoms with Gasteiger partial charge in [-0.15, -0.1) is 0 Å². The zero-order chi connectivity index (χ0) is 24.2. The van der Waals surface area contributed by atoms with E-state index in [-0.39, 0.29) is 49.5 Å². The number of carbonyl (C=O) groups excluding carboxylic acids is 2. The summed E-state index contributed by atoms with van der Waals surface area (Å²) in [5.41, 5.74) is 5.85. The number of aliphatic hydroxyl groups excluding tert-OH is 2. The van der Waals surface area contributed by atoms with Gasteiger partial charge in [0.05, 0.1) is 18.3 Å². The fraction of sp³-hybridized carbons (Fsp3) is 0.920. The number of aliphatic hydroxyl groups is 2. The molecule has 0 aromatic heterocycles. The molecule has 4 aliphatic rings. The Morgan fingerprint density at radius 3 is 2.32 bits per heavy atom. The van der Waals surface area contributed by atoms with Gasteiger partial charge >= 0.3 is 0 Å². The molecule has 5 unspecified atom stereocenters. The first-order chi connectivity index (χ1) is 16.4. The van der Waals surface area contributed by atoms with Crippen molar-refractivity contribution in [3.8, 4) is 0 Å². The zero-order valence-electron chi connectivity index (χ0n) is 20.2. The van der Waals surface area contributed by atoms with E-state index in [0.717, 1.165) is 44.9 Å². The molecule has 4 rings (SSSR count). The molecule has 0 spiro atoms. The van der Waals surface area contributed by atoms with E-state index in [4.69, 9.17) is 10.5 Å². The van der Waals surface area contributed by atoms with E-state index in [1.54, 1.807) is 0 Å². The molecule has 0 aromatic rings. The van der Waals surface area contributed by atoms with Gasteiger partial charge in [-0.3, -0.25) is 9.59 Å². The molecule has 0 aromatic carbocycles. The number of nitrogens with two attached hydrogens (primary N) is 1. The van der Waals surface area contributed by atoms with Crippen LogP contribution in [-0.2, 0) is 14.3 Å². The Morgan fingerprint density at radius 1 is 0.941 bits per heavy atom. The van der Waals surface area contributed by atoms with Crippen molar-refractivity contribution < 1.29 is 28.9 Å². The molecule has 34 heavy (non-hydrogen) atoms. The third kappa shape index (κ3) is 6.09. The second kappa shape index (κ2) is 11.6. The summed E-state index contributed by atoms with van der Waals surface area (Å²) in [6, 6.07) is 0. The number of β-amino-alcohol motifs (C(OH)–C–C–N with tert-alkyl or cyclic N) is 2. The largest absolute Gasteiger partial charge is 0.388 e. The van der Waals surface area contributed by atoms with Crippen LogP contribution in [0.2, 0.25) is 0 Å². The molecule has 2 saturated carbocycles. The first-order valence-electron chi connectivity index (χ1n) is 13.2. The summed E-state index contributed by atoms with van der Waals surface area (Å²) in [6.07, 6.45) is 4.62. The van der Waals surface area contributed by atoms with Gasteiger partial charge < -0.3 is 30.5 Å².